The molecule has 2 saturated heterocycles. The van der Waals surface area contributed by atoms with Crippen LogP contribution in [-0.4, -0.2) is 73.0 Å². The number of hydrogen-bond acceptors (Lipinski definition) is 5. The van der Waals surface area contributed by atoms with Crippen LogP contribution in [0.4, 0.5) is 8.78 Å². The van der Waals surface area contributed by atoms with Crippen LogP contribution in [-0.2, 0) is 24.4 Å². The number of rotatable bonds is 5. The molecule has 1 aliphatic carbocycles. The number of likely N-dealkylation sites (tertiary alicyclic amines) is 1. The predicted octanol–water partition coefficient (Wildman–Crippen LogP) is 1.14. The Balaban J connectivity index is 1.33. The van der Waals surface area contributed by atoms with E-state index in [1.807, 2.05) is 12.2 Å². The van der Waals surface area contributed by atoms with Crippen molar-refractivity contribution in [1.29, 1.82) is 0 Å². The van der Waals surface area contributed by atoms with Gasteiger partial charge in [-0.1, -0.05) is 12.2 Å². The lowest BCUT2D eigenvalue weighted by atomic mass is 9.85. The highest BCUT2D eigenvalue weighted by molar-refractivity contribution is 7.89. The van der Waals surface area contributed by atoms with Crippen molar-refractivity contribution in [2.45, 2.75) is 24.2 Å². The maximum Gasteiger partial charge on any atom is 0.246 e. The summed E-state index contributed by atoms with van der Waals surface area (Å²) in [5.41, 5.74) is 0. The first-order valence-electron chi connectivity index (χ1n) is 10.4. The zero-order chi connectivity index (χ0) is 23.0. The maximum atomic E-state index is 13.9. The number of allylic oxidation sites excluding steroid dienone is 2. The number of carbonyl (C=O) groups excluding carboxylic acids is 3. The van der Waals surface area contributed by atoms with Crippen molar-refractivity contribution >= 4 is 27.7 Å². The Morgan fingerprint density at radius 3 is 2.16 bits per heavy atom. The fourth-order valence-electron chi connectivity index (χ4n) is 4.45. The van der Waals surface area contributed by atoms with Crippen molar-refractivity contribution in [3.63, 3.8) is 0 Å². The maximum absolute atomic E-state index is 13.9. The van der Waals surface area contributed by atoms with Crippen molar-refractivity contribution in [1.82, 2.24) is 14.1 Å². The number of piperazine rings is 1. The molecule has 8 nitrogen and oxygen atoms in total. The lowest BCUT2D eigenvalue weighted by Crippen LogP contribution is -2.51. The van der Waals surface area contributed by atoms with Crippen molar-refractivity contribution in [2.24, 2.45) is 11.8 Å². The molecule has 4 rings (SSSR count). The SMILES string of the molecule is O=C(CCN1C(=O)[C@H]2CC=CC[C@@H]2C1=O)N1CCN(S(=O)(=O)c2cc(F)ccc2F)CC1. The van der Waals surface area contributed by atoms with Gasteiger partial charge < -0.3 is 4.90 Å². The molecule has 172 valence electrons. The van der Waals surface area contributed by atoms with E-state index >= 15 is 0 Å². The van der Waals surface area contributed by atoms with E-state index in [9.17, 15) is 31.6 Å². The van der Waals surface area contributed by atoms with Crippen molar-refractivity contribution in [2.75, 3.05) is 32.7 Å². The smallest absolute Gasteiger partial charge is 0.246 e. The second-order valence-corrected chi connectivity index (χ2v) is 10.00. The highest BCUT2D eigenvalue weighted by atomic mass is 32.2. The van der Waals surface area contributed by atoms with Gasteiger partial charge in [-0.15, -0.1) is 0 Å². The highest BCUT2D eigenvalue weighted by Gasteiger charge is 2.47. The van der Waals surface area contributed by atoms with E-state index < -0.39 is 26.6 Å². The van der Waals surface area contributed by atoms with Crippen LogP contribution in [0, 0.1) is 23.5 Å². The van der Waals surface area contributed by atoms with Gasteiger partial charge in [-0.25, -0.2) is 17.2 Å². The first-order valence-corrected chi connectivity index (χ1v) is 11.9. The molecular weight excluding hydrogens is 444 g/mol. The molecule has 0 bridgehead atoms. The zero-order valence-electron chi connectivity index (χ0n) is 17.2. The van der Waals surface area contributed by atoms with Crippen LogP contribution < -0.4 is 0 Å². The Hall–Kier alpha value is -2.66. The first-order chi connectivity index (χ1) is 15.2. The lowest BCUT2D eigenvalue weighted by molar-refractivity contribution is -0.141. The van der Waals surface area contributed by atoms with Crippen molar-refractivity contribution in [3.8, 4) is 0 Å². The van der Waals surface area contributed by atoms with Crippen molar-refractivity contribution in [3.05, 3.63) is 42.0 Å². The number of fused-ring (bicyclic) bond motifs is 1. The van der Waals surface area contributed by atoms with E-state index in [4.69, 9.17) is 0 Å². The number of amides is 3. The Labute approximate surface area is 184 Å². The summed E-state index contributed by atoms with van der Waals surface area (Å²) in [4.78, 5) is 39.5. The predicted molar refractivity (Wildman–Crippen MR) is 108 cm³/mol. The molecule has 11 heteroatoms. The Morgan fingerprint density at radius 1 is 0.969 bits per heavy atom. The van der Waals surface area contributed by atoms with Gasteiger partial charge in [-0.2, -0.15) is 4.31 Å². The number of halogens is 2. The largest absolute Gasteiger partial charge is 0.340 e. The zero-order valence-corrected chi connectivity index (χ0v) is 18.1. The van der Waals surface area contributed by atoms with Crippen LogP contribution in [0.25, 0.3) is 0 Å². The van der Waals surface area contributed by atoms with E-state index in [1.54, 1.807) is 0 Å². The Kier molecular flexibility index (Phi) is 6.13. The van der Waals surface area contributed by atoms with E-state index in [0.717, 1.165) is 21.3 Å². The third-order valence-electron chi connectivity index (χ3n) is 6.25. The Morgan fingerprint density at radius 2 is 1.56 bits per heavy atom. The molecule has 0 radical (unpaired) electrons. The average molecular weight is 467 g/mol. The van der Waals surface area contributed by atoms with Crippen molar-refractivity contribution < 1.29 is 31.6 Å². The molecule has 1 aromatic carbocycles. The molecule has 0 saturated carbocycles. The van der Waals surface area contributed by atoms with Crippen LogP contribution in [0.1, 0.15) is 19.3 Å². The fourth-order valence-corrected chi connectivity index (χ4v) is 5.94. The molecule has 2 fully saturated rings. The van der Waals surface area contributed by atoms with E-state index in [-0.39, 0.29) is 68.7 Å². The van der Waals surface area contributed by atoms with Crippen LogP contribution in [0.15, 0.2) is 35.2 Å². The van der Waals surface area contributed by atoms with Gasteiger partial charge in [0, 0.05) is 39.1 Å². The summed E-state index contributed by atoms with van der Waals surface area (Å²) in [6.07, 6.45) is 4.80. The highest BCUT2D eigenvalue weighted by Crippen LogP contribution is 2.35. The molecule has 32 heavy (non-hydrogen) atoms. The monoisotopic (exact) mass is 467 g/mol. The quantitative estimate of drug-likeness (QED) is 0.478. The van der Waals surface area contributed by atoms with Gasteiger partial charge in [0.1, 0.15) is 16.5 Å². The molecule has 1 aromatic rings. The minimum absolute atomic E-state index is 0.00346. The molecule has 2 aliphatic heterocycles. The number of sulfonamides is 1. The molecular formula is C21H23F2N3O5S. The number of benzene rings is 1. The number of nitrogens with zero attached hydrogens (tertiary/aromatic N) is 3. The van der Waals surface area contributed by atoms with Crippen LogP contribution in [0.3, 0.4) is 0 Å². The van der Waals surface area contributed by atoms with Crippen LogP contribution in [0.2, 0.25) is 0 Å². The lowest BCUT2D eigenvalue weighted by Gasteiger charge is -2.34. The molecule has 0 aromatic heterocycles. The summed E-state index contributed by atoms with van der Waals surface area (Å²) >= 11 is 0. The average Bonchev–Trinajstić information content (AvgIpc) is 3.03. The van der Waals surface area contributed by atoms with Crippen LogP contribution in [0.5, 0.6) is 0 Å². The van der Waals surface area contributed by atoms with Gasteiger partial charge >= 0.3 is 0 Å². The van der Waals surface area contributed by atoms with E-state index in [2.05, 4.69) is 0 Å². The summed E-state index contributed by atoms with van der Waals surface area (Å²) in [5.74, 6) is -3.39. The first kappa shape index (κ1) is 22.5. The van der Waals surface area contributed by atoms with E-state index in [0.29, 0.717) is 18.9 Å². The second-order valence-electron chi connectivity index (χ2n) is 8.09. The van der Waals surface area contributed by atoms with E-state index in [1.165, 1.54) is 4.90 Å². The molecule has 2 heterocycles. The standard InChI is InChI=1S/C21H23F2N3O5S/c22-14-5-6-17(23)18(13-14)32(30,31)25-11-9-24(10-12-25)19(27)7-8-26-20(28)15-3-1-2-4-16(15)21(26)29/h1-2,5-6,13,15-16H,3-4,7-12H2/t15-,16-/m0/s1. The molecule has 3 amide bonds. The third kappa shape index (κ3) is 4.06. The molecule has 0 N–H and O–H groups in total. The van der Waals surface area contributed by atoms with Gasteiger partial charge in [-0.05, 0) is 31.0 Å². The summed E-state index contributed by atoms with van der Waals surface area (Å²) in [7, 11) is -4.24. The van der Waals surface area contributed by atoms with Gasteiger partial charge in [0.2, 0.25) is 27.7 Å². The summed E-state index contributed by atoms with van der Waals surface area (Å²) in [6, 6.07) is 2.24. The third-order valence-corrected chi connectivity index (χ3v) is 8.16. The Bertz CT molecular complexity index is 1060. The number of imide groups is 1. The minimum atomic E-state index is -4.24. The van der Waals surface area contributed by atoms with Gasteiger partial charge in [-0.3, -0.25) is 19.3 Å². The minimum Gasteiger partial charge on any atom is -0.340 e. The number of carbonyl (C=O) groups is 3. The van der Waals surface area contributed by atoms with Gasteiger partial charge in [0.05, 0.1) is 11.8 Å². The van der Waals surface area contributed by atoms with Gasteiger partial charge in [0.15, 0.2) is 0 Å². The summed E-state index contributed by atoms with van der Waals surface area (Å²) in [5, 5.41) is 0. The summed E-state index contributed by atoms with van der Waals surface area (Å²) in [6.45, 7) is 0.0114. The van der Waals surface area contributed by atoms with Crippen LogP contribution >= 0.6 is 0 Å². The summed E-state index contributed by atoms with van der Waals surface area (Å²) < 4.78 is 53.7. The second kappa shape index (κ2) is 8.70. The molecule has 0 unspecified atom stereocenters. The molecule has 2 atom stereocenters. The topological polar surface area (TPSA) is 95.1 Å². The van der Waals surface area contributed by atoms with Gasteiger partial charge in [0.25, 0.3) is 0 Å². The number of hydrogen-bond donors (Lipinski definition) is 0. The fraction of sp³-hybridized carbons (Fsp3) is 0.476. The molecule has 3 aliphatic rings. The molecule has 0 spiro atoms. The normalized spacial score (nSPS) is 24.2.